The van der Waals surface area contributed by atoms with Crippen molar-refractivity contribution < 1.29 is 0 Å². The number of aromatic nitrogens is 1. The molecular formula is C10H6Cl3N. The van der Waals surface area contributed by atoms with Crippen LogP contribution in [0.25, 0.3) is 10.9 Å². The Morgan fingerprint density at radius 2 is 1.86 bits per heavy atom. The molecule has 0 unspecified atom stereocenters. The van der Waals surface area contributed by atoms with Crippen LogP contribution < -0.4 is 0 Å². The SMILES string of the molecule is Cc1ccc2c(Cl)cc(Cl)nc2c1Cl. The highest BCUT2D eigenvalue weighted by molar-refractivity contribution is 6.41. The van der Waals surface area contributed by atoms with Crippen molar-refractivity contribution in [2.45, 2.75) is 6.92 Å². The molecule has 14 heavy (non-hydrogen) atoms. The van der Waals surface area contributed by atoms with Gasteiger partial charge in [-0.15, -0.1) is 0 Å². The summed E-state index contributed by atoms with van der Waals surface area (Å²) in [5.41, 5.74) is 1.62. The minimum absolute atomic E-state index is 0.356. The Balaban J connectivity index is 2.95. The summed E-state index contributed by atoms with van der Waals surface area (Å²) >= 11 is 17.9. The van der Waals surface area contributed by atoms with Gasteiger partial charge in [0.1, 0.15) is 5.15 Å². The molecular weight excluding hydrogens is 240 g/mol. The molecule has 0 aliphatic heterocycles. The average Bonchev–Trinajstić information content (AvgIpc) is 2.12. The van der Waals surface area contributed by atoms with E-state index in [9.17, 15) is 0 Å². The Bertz CT molecular complexity index is 508. The number of aryl methyl sites for hydroxylation is 1. The Kier molecular flexibility index (Phi) is 2.56. The van der Waals surface area contributed by atoms with Crippen LogP contribution in [-0.2, 0) is 0 Å². The Morgan fingerprint density at radius 1 is 1.14 bits per heavy atom. The van der Waals surface area contributed by atoms with Crippen molar-refractivity contribution in [1.29, 1.82) is 0 Å². The van der Waals surface area contributed by atoms with Gasteiger partial charge in [-0.2, -0.15) is 0 Å². The van der Waals surface area contributed by atoms with Gasteiger partial charge in [0.05, 0.1) is 15.6 Å². The van der Waals surface area contributed by atoms with Crippen molar-refractivity contribution in [1.82, 2.24) is 4.98 Å². The lowest BCUT2D eigenvalue weighted by Gasteiger charge is -2.04. The van der Waals surface area contributed by atoms with Crippen molar-refractivity contribution in [2.24, 2.45) is 0 Å². The van der Waals surface area contributed by atoms with Gasteiger partial charge in [-0.3, -0.25) is 0 Å². The van der Waals surface area contributed by atoms with E-state index >= 15 is 0 Å². The molecule has 0 spiro atoms. The zero-order valence-electron chi connectivity index (χ0n) is 7.31. The van der Waals surface area contributed by atoms with Crippen LogP contribution in [-0.4, -0.2) is 4.98 Å². The predicted octanol–water partition coefficient (Wildman–Crippen LogP) is 4.50. The third kappa shape index (κ3) is 1.56. The van der Waals surface area contributed by atoms with Crippen LogP contribution in [0, 0.1) is 6.92 Å². The van der Waals surface area contributed by atoms with Crippen LogP contribution in [0.15, 0.2) is 18.2 Å². The lowest BCUT2D eigenvalue weighted by Crippen LogP contribution is -1.85. The molecule has 2 rings (SSSR count). The summed E-state index contributed by atoms with van der Waals surface area (Å²) in [4.78, 5) is 4.15. The molecule has 72 valence electrons. The lowest BCUT2D eigenvalue weighted by atomic mass is 10.1. The van der Waals surface area contributed by atoms with E-state index in [1.54, 1.807) is 6.07 Å². The Morgan fingerprint density at radius 3 is 2.57 bits per heavy atom. The molecule has 0 saturated heterocycles. The topological polar surface area (TPSA) is 12.9 Å². The number of hydrogen-bond donors (Lipinski definition) is 0. The van der Waals surface area contributed by atoms with E-state index in [4.69, 9.17) is 34.8 Å². The summed E-state index contributed by atoms with van der Waals surface area (Å²) < 4.78 is 0. The third-order valence-electron chi connectivity index (χ3n) is 2.03. The molecule has 2 aromatic rings. The van der Waals surface area contributed by atoms with Crippen LogP contribution in [0.1, 0.15) is 5.56 Å². The van der Waals surface area contributed by atoms with Crippen LogP contribution >= 0.6 is 34.8 Å². The molecule has 0 amide bonds. The maximum atomic E-state index is 6.09. The molecule has 0 fully saturated rings. The van der Waals surface area contributed by atoms with Gasteiger partial charge in [0, 0.05) is 5.39 Å². The molecule has 4 heteroatoms. The molecule has 0 aliphatic rings. The first-order valence-electron chi connectivity index (χ1n) is 4.00. The second kappa shape index (κ2) is 3.58. The lowest BCUT2D eigenvalue weighted by molar-refractivity contribution is 1.39. The Labute approximate surface area is 96.6 Å². The van der Waals surface area contributed by atoms with Crippen LogP contribution in [0.2, 0.25) is 15.2 Å². The summed E-state index contributed by atoms with van der Waals surface area (Å²) in [5.74, 6) is 0. The Hall–Kier alpha value is -0.500. The fourth-order valence-corrected chi connectivity index (χ4v) is 2.00. The van der Waals surface area contributed by atoms with Crippen molar-refractivity contribution in [3.63, 3.8) is 0 Å². The van der Waals surface area contributed by atoms with E-state index in [-0.39, 0.29) is 0 Å². The minimum atomic E-state index is 0.356. The zero-order valence-corrected chi connectivity index (χ0v) is 9.58. The highest BCUT2D eigenvalue weighted by atomic mass is 35.5. The smallest absolute Gasteiger partial charge is 0.131 e. The van der Waals surface area contributed by atoms with Crippen molar-refractivity contribution in [2.75, 3.05) is 0 Å². The van der Waals surface area contributed by atoms with Crippen LogP contribution in [0.3, 0.4) is 0 Å². The first kappa shape index (κ1) is 10.0. The van der Waals surface area contributed by atoms with Gasteiger partial charge >= 0.3 is 0 Å². The quantitative estimate of drug-likeness (QED) is 0.624. The third-order valence-corrected chi connectivity index (χ3v) is 3.01. The average molecular weight is 247 g/mol. The fraction of sp³-hybridized carbons (Fsp3) is 0.100. The summed E-state index contributed by atoms with van der Waals surface area (Å²) in [6, 6.07) is 5.41. The van der Waals surface area contributed by atoms with Gasteiger partial charge in [-0.1, -0.05) is 46.9 Å². The minimum Gasteiger partial charge on any atom is -0.234 e. The molecule has 1 heterocycles. The van der Waals surface area contributed by atoms with Crippen LogP contribution in [0.4, 0.5) is 0 Å². The number of halogens is 3. The molecule has 1 aromatic heterocycles. The number of pyridine rings is 1. The molecule has 0 radical (unpaired) electrons. The number of benzene rings is 1. The second-order valence-corrected chi connectivity index (χ2v) is 4.19. The van der Waals surface area contributed by atoms with Gasteiger partial charge in [-0.25, -0.2) is 4.98 Å². The monoisotopic (exact) mass is 245 g/mol. The molecule has 0 N–H and O–H groups in total. The standard InChI is InChI=1S/C10H6Cl3N/c1-5-2-3-6-7(11)4-8(12)14-10(6)9(5)13/h2-4H,1H3. The van der Waals surface area contributed by atoms with E-state index in [2.05, 4.69) is 4.98 Å². The number of hydrogen-bond acceptors (Lipinski definition) is 1. The van der Waals surface area contributed by atoms with Gasteiger partial charge in [0.2, 0.25) is 0 Å². The highest BCUT2D eigenvalue weighted by Crippen LogP contribution is 2.31. The number of rotatable bonds is 0. The van der Waals surface area contributed by atoms with Gasteiger partial charge in [-0.05, 0) is 18.6 Å². The van der Waals surface area contributed by atoms with Gasteiger partial charge in [0.15, 0.2) is 0 Å². The summed E-state index contributed by atoms with van der Waals surface area (Å²) in [6.07, 6.45) is 0. The van der Waals surface area contributed by atoms with E-state index in [1.807, 2.05) is 19.1 Å². The normalized spacial score (nSPS) is 10.9. The highest BCUT2D eigenvalue weighted by Gasteiger charge is 2.07. The molecule has 1 nitrogen and oxygen atoms in total. The molecule has 0 saturated carbocycles. The molecule has 0 aliphatic carbocycles. The second-order valence-electron chi connectivity index (χ2n) is 3.02. The zero-order chi connectivity index (χ0) is 10.3. The van der Waals surface area contributed by atoms with E-state index in [1.165, 1.54) is 0 Å². The van der Waals surface area contributed by atoms with E-state index < -0.39 is 0 Å². The first-order chi connectivity index (χ1) is 6.59. The summed E-state index contributed by atoms with van der Waals surface area (Å²) in [6.45, 7) is 1.91. The van der Waals surface area contributed by atoms with Crippen LogP contribution in [0.5, 0.6) is 0 Å². The fourth-order valence-electron chi connectivity index (χ4n) is 1.29. The molecule has 0 atom stereocenters. The summed E-state index contributed by atoms with van der Waals surface area (Å²) in [7, 11) is 0. The predicted molar refractivity (Wildman–Crippen MR) is 61.5 cm³/mol. The van der Waals surface area contributed by atoms with Gasteiger partial charge < -0.3 is 0 Å². The molecule has 1 aromatic carbocycles. The largest absolute Gasteiger partial charge is 0.234 e. The van der Waals surface area contributed by atoms with Crippen molar-refractivity contribution in [3.8, 4) is 0 Å². The maximum Gasteiger partial charge on any atom is 0.131 e. The van der Waals surface area contributed by atoms with Gasteiger partial charge in [0.25, 0.3) is 0 Å². The van der Waals surface area contributed by atoms with E-state index in [0.29, 0.717) is 20.7 Å². The van der Waals surface area contributed by atoms with Crippen molar-refractivity contribution >= 4 is 45.7 Å². The van der Waals surface area contributed by atoms with Crippen molar-refractivity contribution in [3.05, 3.63) is 39.0 Å². The maximum absolute atomic E-state index is 6.09. The number of fused-ring (bicyclic) bond motifs is 1. The molecule has 0 bridgehead atoms. The first-order valence-corrected chi connectivity index (χ1v) is 5.14. The number of nitrogens with zero attached hydrogens (tertiary/aromatic N) is 1. The van der Waals surface area contributed by atoms with E-state index in [0.717, 1.165) is 10.9 Å². The summed E-state index contributed by atoms with van der Waals surface area (Å²) in [5, 5.41) is 2.36.